The number of nitrogens with zero attached hydrogens (tertiary/aromatic N) is 3. The quantitative estimate of drug-likeness (QED) is 0.736. The Bertz CT molecular complexity index is 655. The van der Waals surface area contributed by atoms with E-state index in [-0.39, 0.29) is 17.3 Å². The van der Waals surface area contributed by atoms with Gasteiger partial charge in [0.15, 0.2) is 0 Å². The summed E-state index contributed by atoms with van der Waals surface area (Å²) in [6, 6.07) is 1.37. The van der Waals surface area contributed by atoms with E-state index in [0.29, 0.717) is 5.69 Å². The lowest BCUT2D eigenvalue weighted by atomic mass is 10.4. The molecule has 0 atom stereocenters. The SMILES string of the molecule is Cn1cc(NC(=O)c2nc(N)cn2C)cc1C(=O)O. The summed E-state index contributed by atoms with van der Waals surface area (Å²) in [6.07, 6.45) is 3.02. The fraction of sp³-hybridized carbons (Fsp3) is 0.182. The van der Waals surface area contributed by atoms with E-state index < -0.39 is 11.9 Å². The average molecular weight is 263 g/mol. The second-order valence-electron chi connectivity index (χ2n) is 4.08. The van der Waals surface area contributed by atoms with Crippen molar-refractivity contribution >= 4 is 23.4 Å². The summed E-state index contributed by atoms with van der Waals surface area (Å²) in [5, 5.41) is 11.5. The Balaban J connectivity index is 2.22. The minimum Gasteiger partial charge on any atom is -0.477 e. The number of hydrogen-bond donors (Lipinski definition) is 3. The van der Waals surface area contributed by atoms with Crippen LogP contribution in [0.4, 0.5) is 11.5 Å². The van der Waals surface area contributed by atoms with Gasteiger partial charge in [-0.15, -0.1) is 0 Å². The largest absolute Gasteiger partial charge is 0.477 e. The Labute approximate surface area is 108 Å². The number of nitrogens with one attached hydrogen (secondary N) is 1. The van der Waals surface area contributed by atoms with Crippen LogP contribution in [0.3, 0.4) is 0 Å². The molecule has 0 aromatic carbocycles. The van der Waals surface area contributed by atoms with E-state index in [2.05, 4.69) is 10.3 Å². The predicted molar refractivity (Wildman–Crippen MR) is 67.9 cm³/mol. The molecule has 2 heterocycles. The van der Waals surface area contributed by atoms with Crippen molar-refractivity contribution in [1.29, 1.82) is 0 Å². The van der Waals surface area contributed by atoms with Gasteiger partial charge in [-0.1, -0.05) is 0 Å². The van der Waals surface area contributed by atoms with Crippen LogP contribution in [0.1, 0.15) is 21.1 Å². The van der Waals surface area contributed by atoms with Crippen molar-refractivity contribution in [2.24, 2.45) is 14.1 Å². The van der Waals surface area contributed by atoms with Crippen LogP contribution in [0.2, 0.25) is 0 Å². The van der Waals surface area contributed by atoms with Gasteiger partial charge in [-0.25, -0.2) is 9.78 Å². The number of aromatic nitrogens is 3. The van der Waals surface area contributed by atoms with E-state index >= 15 is 0 Å². The number of rotatable bonds is 3. The molecule has 19 heavy (non-hydrogen) atoms. The summed E-state index contributed by atoms with van der Waals surface area (Å²) in [5.41, 5.74) is 5.94. The van der Waals surface area contributed by atoms with E-state index in [1.165, 1.54) is 27.6 Å². The van der Waals surface area contributed by atoms with Gasteiger partial charge in [0.05, 0.1) is 5.69 Å². The third-order valence-corrected chi connectivity index (χ3v) is 2.58. The molecule has 2 aromatic rings. The maximum Gasteiger partial charge on any atom is 0.352 e. The first-order valence-electron chi connectivity index (χ1n) is 5.38. The average Bonchev–Trinajstić information content (AvgIpc) is 2.81. The zero-order valence-corrected chi connectivity index (χ0v) is 10.4. The molecule has 0 bridgehead atoms. The molecule has 0 aliphatic heterocycles. The number of carbonyl (C=O) groups is 2. The first kappa shape index (κ1) is 12.7. The highest BCUT2D eigenvalue weighted by Crippen LogP contribution is 2.14. The van der Waals surface area contributed by atoms with Gasteiger partial charge >= 0.3 is 5.97 Å². The molecule has 0 aliphatic carbocycles. The van der Waals surface area contributed by atoms with Gasteiger partial charge in [-0.05, 0) is 6.07 Å². The molecule has 0 aliphatic rings. The maximum atomic E-state index is 11.9. The molecular formula is C11H13N5O3. The second-order valence-corrected chi connectivity index (χ2v) is 4.08. The smallest absolute Gasteiger partial charge is 0.352 e. The van der Waals surface area contributed by atoms with Crippen LogP contribution in [0.5, 0.6) is 0 Å². The highest BCUT2D eigenvalue weighted by Gasteiger charge is 2.16. The topological polar surface area (TPSA) is 115 Å². The Morgan fingerprint density at radius 2 is 2.00 bits per heavy atom. The lowest BCUT2D eigenvalue weighted by Gasteiger charge is -2.01. The molecule has 1 amide bonds. The number of anilines is 2. The number of carboxylic acid groups (broad SMARTS) is 1. The van der Waals surface area contributed by atoms with Crippen LogP contribution in [0.15, 0.2) is 18.5 Å². The standard InChI is InChI=1S/C11H13N5O3/c1-15-4-6(3-7(15)11(18)19)13-10(17)9-14-8(12)5-16(9)2/h3-5H,12H2,1-2H3,(H,13,17)(H,18,19). The van der Waals surface area contributed by atoms with Crippen LogP contribution in [-0.2, 0) is 14.1 Å². The molecule has 8 nitrogen and oxygen atoms in total. The summed E-state index contributed by atoms with van der Waals surface area (Å²) in [7, 11) is 3.23. The number of aryl methyl sites for hydroxylation is 2. The minimum atomic E-state index is -1.07. The van der Waals surface area contributed by atoms with Gasteiger partial charge in [0.1, 0.15) is 11.5 Å². The fourth-order valence-electron chi connectivity index (χ4n) is 1.73. The van der Waals surface area contributed by atoms with E-state index in [1.807, 2.05) is 0 Å². The molecule has 0 unspecified atom stereocenters. The first-order valence-corrected chi connectivity index (χ1v) is 5.38. The normalized spacial score (nSPS) is 10.4. The van der Waals surface area contributed by atoms with Crippen molar-refractivity contribution < 1.29 is 14.7 Å². The number of carboxylic acids is 1. The van der Waals surface area contributed by atoms with Crippen molar-refractivity contribution in [2.75, 3.05) is 11.1 Å². The van der Waals surface area contributed by atoms with Crippen molar-refractivity contribution in [3.63, 3.8) is 0 Å². The number of hydrogen-bond acceptors (Lipinski definition) is 4. The molecule has 8 heteroatoms. The Morgan fingerprint density at radius 1 is 1.32 bits per heavy atom. The summed E-state index contributed by atoms with van der Waals surface area (Å²) in [5.74, 6) is -1.13. The number of aromatic carboxylic acids is 1. The molecule has 100 valence electrons. The minimum absolute atomic E-state index is 0.0784. The molecule has 0 fully saturated rings. The molecule has 0 saturated heterocycles. The molecular weight excluding hydrogens is 250 g/mol. The molecule has 2 aromatic heterocycles. The number of amides is 1. The zero-order valence-electron chi connectivity index (χ0n) is 10.4. The predicted octanol–water partition coefficient (Wildman–Crippen LogP) is 0.291. The van der Waals surface area contributed by atoms with E-state index in [4.69, 9.17) is 10.8 Å². The van der Waals surface area contributed by atoms with Gasteiger partial charge in [0.2, 0.25) is 5.82 Å². The highest BCUT2D eigenvalue weighted by molar-refractivity contribution is 6.02. The number of nitrogen functional groups attached to an aromatic ring is 1. The van der Waals surface area contributed by atoms with Gasteiger partial charge < -0.3 is 25.3 Å². The molecule has 0 saturated carbocycles. The Hall–Kier alpha value is -2.77. The highest BCUT2D eigenvalue weighted by atomic mass is 16.4. The third-order valence-electron chi connectivity index (χ3n) is 2.58. The number of imidazole rings is 1. The Kier molecular flexibility index (Phi) is 2.99. The zero-order chi connectivity index (χ0) is 14.2. The molecule has 2 rings (SSSR count). The molecule has 4 N–H and O–H groups in total. The summed E-state index contributed by atoms with van der Waals surface area (Å²) in [6.45, 7) is 0. The van der Waals surface area contributed by atoms with E-state index in [0.717, 1.165) is 0 Å². The third kappa shape index (κ3) is 2.41. The monoisotopic (exact) mass is 263 g/mol. The van der Waals surface area contributed by atoms with Crippen LogP contribution in [0.25, 0.3) is 0 Å². The van der Waals surface area contributed by atoms with Crippen LogP contribution in [-0.4, -0.2) is 31.1 Å². The lowest BCUT2D eigenvalue weighted by Crippen LogP contribution is -2.16. The van der Waals surface area contributed by atoms with Crippen LogP contribution in [0, 0.1) is 0 Å². The van der Waals surface area contributed by atoms with E-state index in [1.54, 1.807) is 14.1 Å². The second kappa shape index (κ2) is 4.48. The number of carbonyl (C=O) groups excluding carboxylic acids is 1. The summed E-state index contributed by atoms with van der Waals surface area (Å²) >= 11 is 0. The van der Waals surface area contributed by atoms with Crippen molar-refractivity contribution in [1.82, 2.24) is 14.1 Å². The maximum absolute atomic E-state index is 11.9. The Morgan fingerprint density at radius 3 is 2.47 bits per heavy atom. The van der Waals surface area contributed by atoms with Crippen molar-refractivity contribution in [2.45, 2.75) is 0 Å². The summed E-state index contributed by atoms with van der Waals surface area (Å²) in [4.78, 5) is 26.7. The molecule has 0 radical (unpaired) electrons. The number of nitrogens with two attached hydrogens (primary N) is 1. The fourth-order valence-corrected chi connectivity index (χ4v) is 1.73. The van der Waals surface area contributed by atoms with Crippen molar-refractivity contribution in [3.8, 4) is 0 Å². The van der Waals surface area contributed by atoms with Gasteiger partial charge in [-0.3, -0.25) is 4.79 Å². The van der Waals surface area contributed by atoms with Crippen molar-refractivity contribution in [3.05, 3.63) is 30.0 Å². The molecule has 0 spiro atoms. The van der Waals surface area contributed by atoms with Gasteiger partial charge in [0.25, 0.3) is 5.91 Å². The van der Waals surface area contributed by atoms with Crippen LogP contribution < -0.4 is 11.1 Å². The van der Waals surface area contributed by atoms with Gasteiger partial charge in [-0.2, -0.15) is 0 Å². The van der Waals surface area contributed by atoms with E-state index in [9.17, 15) is 9.59 Å². The first-order chi connectivity index (χ1) is 8.88. The van der Waals surface area contributed by atoms with Crippen LogP contribution >= 0.6 is 0 Å². The summed E-state index contributed by atoms with van der Waals surface area (Å²) < 4.78 is 2.90. The van der Waals surface area contributed by atoms with Gasteiger partial charge in [0, 0.05) is 26.5 Å². The lowest BCUT2D eigenvalue weighted by molar-refractivity contribution is 0.0686.